The molecule has 1 aliphatic rings. The fourth-order valence-electron chi connectivity index (χ4n) is 1.77. The summed E-state index contributed by atoms with van der Waals surface area (Å²) in [5, 5.41) is 0. The van der Waals surface area contributed by atoms with Crippen LogP contribution in [0, 0.1) is 6.92 Å². The van der Waals surface area contributed by atoms with Crippen molar-refractivity contribution in [2.24, 2.45) is 0 Å². The van der Waals surface area contributed by atoms with Gasteiger partial charge in [0, 0.05) is 16.4 Å². The maximum atomic E-state index is 8.44. The quantitative estimate of drug-likeness (QED) is 0.606. The molecular weight excluding hydrogens is 180 g/mol. The van der Waals surface area contributed by atoms with Crippen LogP contribution in [0.3, 0.4) is 0 Å². The van der Waals surface area contributed by atoms with Crippen LogP contribution in [0.25, 0.3) is 0 Å². The van der Waals surface area contributed by atoms with Gasteiger partial charge in [-0.1, -0.05) is 51.1 Å². The molecule has 0 heterocycles. The van der Waals surface area contributed by atoms with Gasteiger partial charge in [-0.15, -0.1) is 0 Å². The second-order valence-electron chi connectivity index (χ2n) is 4.06. The Balaban J connectivity index is 3.31. The van der Waals surface area contributed by atoms with Crippen molar-refractivity contribution in [1.29, 1.82) is 0 Å². The first-order valence-electron chi connectivity index (χ1n) is 12.2. The Morgan fingerprint density at radius 3 is 2.27 bits per heavy atom. The molecule has 82 valence electrons. The maximum Gasteiger partial charge on any atom is 0.0629 e. The first kappa shape index (κ1) is 2.72. The van der Waals surface area contributed by atoms with Crippen molar-refractivity contribution in [3.63, 3.8) is 0 Å². The molecule has 0 saturated carbocycles. The monoisotopic (exact) mass is 217 g/mol. The summed E-state index contributed by atoms with van der Waals surface area (Å²) < 4.78 is 121. The highest BCUT2D eigenvalue weighted by Gasteiger charge is 2.36. The Hall–Kier alpha value is -0.780. The minimum atomic E-state index is -3.29. The van der Waals surface area contributed by atoms with Crippen molar-refractivity contribution >= 4 is 0 Å². The molecular formula is C15H22. The normalized spacial score (nSPS) is 40.2. The van der Waals surface area contributed by atoms with Crippen LogP contribution in [0.1, 0.15) is 77.5 Å². The Bertz CT molecular complexity index is 750. The molecule has 0 fully saturated rings. The molecule has 0 aliphatic heterocycles. The van der Waals surface area contributed by atoms with E-state index >= 15 is 0 Å². The summed E-state index contributed by atoms with van der Waals surface area (Å²) >= 11 is 0. The summed E-state index contributed by atoms with van der Waals surface area (Å²) in [6, 6.07) is -2.23. The maximum absolute atomic E-state index is 8.44. The standard InChI is InChI=1S/C15H22/c1-11-6-7-12-13(10-11)15(4,5)9-8-14(12,2)3/h6-7,10H,8-9H2,1-5H3/i2D3,3D3,4D3,5D3,6D,7D,10D. The molecule has 0 aromatic heterocycles. The van der Waals surface area contributed by atoms with Gasteiger partial charge in [-0.3, -0.25) is 0 Å². The van der Waals surface area contributed by atoms with Crippen molar-refractivity contribution in [2.75, 3.05) is 0 Å². The minimum Gasteiger partial charge on any atom is -0.0590 e. The SMILES string of the molecule is [2H]c1c([2H])c2c(c([2H])c1C)C(C([2H])([2H])[2H])(C([2H])([2H])[2H])CCC2(C([2H])([2H])[2H])C([2H])([2H])[2H]. The topological polar surface area (TPSA) is 0 Å². The Morgan fingerprint density at radius 1 is 1.07 bits per heavy atom. The third kappa shape index (κ3) is 1.71. The van der Waals surface area contributed by atoms with Crippen LogP contribution in [0.15, 0.2) is 18.1 Å². The second-order valence-corrected chi connectivity index (χ2v) is 4.06. The predicted octanol–water partition coefficient (Wildman–Crippen LogP) is 4.34. The average molecular weight is 217 g/mol. The fourth-order valence-corrected chi connectivity index (χ4v) is 1.77. The van der Waals surface area contributed by atoms with E-state index in [1.54, 1.807) is 0 Å². The van der Waals surface area contributed by atoms with E-state index in [9.17, 15) is 0 Å². The summed E-state index contributed by atoms with van der Waals surface area (Å²) in [5.41, 5.74) is -7.41. The number of rotatable bonds is 0. The summed E-state index contributed by atoms with van der Waals surface area (Å²) in [5.74, 6) is 0. The van der Waals surface area contributed by atoms with E-state index in [0.29, 0.717) is 0 Å². The van der Waals surface area contributed by atoms with Gasteiger partial charge in [0.05, 0.1) is 4.11 Å². The van der Waals surface area contributed by atoms with Gasteiger partial charge in [-0.25, -0.2) is 0 Å². The van der Waals surface area contributed by atoms with Gasteiger partial charge in [-0.2, -0.15) is 0 Å². The Morgan fingerprint density at radius 2 is 1.67 bits per heavy atom. The van der Waals surface area contributed by atoms with Crippen LogP contribution in [0.5, 0.6) is 0 Å². The molecule has 2 rings (SSSR count). The highest BCUT2D eigenvalue weighted by atomic mass is 14.4. The van der Waals surface area contributed by atoms with Crippen molar-refractivity contribution in [3.8, 4) is 0 Å². The fraction of sp³-hybridized carbons (Fsp3) is 0.600. The third-order valence-electron chi connectivity index (χ3n) is 2.67. The molecule has 0 heteroatoms. The molecule has 0 spiro atoms. The molecule has 0 atom stereocenters. The van der Waals surface area contributed by atoms with E-state index < -0.39 is 80.3 Å². The molecule has 0 bridgehead atoms. The van der Waals surface area contributed by atoms with Gasteiger partial charge >= 0.3 is 0 Å². The molecule has 0 unspecified atom stereocenters. The molecule has 0 saturated heterocycles. The van der Waals surface area contributed by atoms with Crippen molar-refractivity contribution in [2.45, 2.75) is 58.0 Å². The molecule has 1 aromatic rings. The second kappa shape index (κ2) is 3.10. The van der Waals surface area contributed by atoms with E-state index in [2.05, 4.69) is 0 Å². The first-order chi connectivity index (χ1) is 13.1. The zero-order valence-electron chi connectivity index (χ0n) is 23.4. The van der Waals surface area contributed by atoms with Gasteiger partial charge in [0.15, 0.2) is 0 Å². The summed E-state index contributed by atoms with van der Waals surface area (Å²) in [6.45, 7) is -11.9. The highest BCUT2D eigenvalue weighted by molar-refractivity contribution is 5.43. The number of hydrogen-bond donors (Lipinski definition) is 0. The van der Waals surface area contributed by atoms with Gasteiger partial charge < -0.3 is 0 Å². The highest BCUT2D eigenvalue weighted by Crippen LogP contribution is 2.45. The van der Waals surface area contributed by atoms with Crippen LogP contribution in [0.2, 0.25) is 0 Å². The lowest BCUT2D eigenvalue weighted by Crippen LogP contribution is -2.33. The Kier molecular flexibility index (Phi) is 0.563. The summed E-state index contributed by atoms with van der Waals surface area (Å²) in [4.78, 5) is 0. The van der Waals surface area contributed by atoms with E-state index in [-0.39, 0.29) is 5.56 Å². The predicted molar refractivity (Wildman–Crippen MR) is 66.5 cm³/mol. The number of hydrogen-bond acceptors (Lipinski definition) is 0. The summed E-state index contributed by atoms with van der Waals surface area (Å²) in [7, 11) is 0. The molecule has 0 radical (unpaired) electrons. The van der Waals surface area contributed by atoms with Crippen molar-refractivity contribution < 1.29 is 20.6 Å². The van der Waals surface area contributed by atoms with E-state index in [1.165, 1.54) is 6.92 Å². The molecule has 0 nitrogen and oxygen atoms in total. The smallest absolute Gasteiger partial charge is 0.0590 e. The lowest BCUT2D eigenvalue weighted by atomic mass is 9.63. The largest absolute Gasteiger partial charge is 0.0629 e. The van der Waals surface area contributed by atoms with Crippen molar-refractivity contribution in [3.05, 3.63) is 34.8 Å². The molecule has 0 N–H and O–H groups in total. The zero-order chi connectivity index (χ0) is 23.9. The molecule has 1 aliphatic carbocycles. The third-order valence-corrected chi connectivity index (χ3v) is 2.67. The van der Waals surface area contributed by atoms with Crippen LogP contribution >= 0.6 is 0 Å². The molecule has 1 aromatic carbocycles. The number of fused-ring (bicyclic) bond motifs is 1. The lowest BCUT2D eigenvalue weighted by Gasteiger charge is -2.42. The van der Waals surface area contributed by atoms with E-state index in [0.717, 1.165) is 0 Å². The van der Waals surface area contributed by atoms with Crippen molar-refractivity contribution in [1.82, 2.24) is 0 Å². The van der Waals surface area contributed by atoms with Crippen LogP contribution in [-0.2, 0) is 10.8 Å². The van der Waals surface area contributed by atoms with E-state index in [1.807, 2.05) is 0 Å². The first-order valence-corrected chi connectivity index (χ1v) is 4.71. The van der Waals surface area contributed by atoms with Gasteiger partial charge in [0.2, 0.25) is 0 Å². The average Bonchev–Trinajstić information content (AvgIpc) is 2.52. The number of benzene rings is 1. The molecule has 15 heavy (non-hydrogen) atoms. The van der Waals surface area contributed by atoms with Crippen LogP contribution in [0.4, 0.5) is 0 Å². The zero-order valence-corrected chi connectivity index (χ0v) is 8.41. The Labute approximate surface area is 115 Å². The lowest BCUT2D eigenvalue weighted by molar-refractivity contribution is 0.331. The van der Waals surface area contributed by atoms with Gasteiger partial charge in [0.1, 0.15) is 0 Å². The van der Waals surface area contributed by atoms with Crippen LogP contribution in [-0.4, -0.2) is 0 Å². The van der Waals surface area contributed by atoms with Crippen LogP contribution < -0.4 is 0 Å². The van der Waals surface area contributed by atoms with E-state index in [4.69, 9.17) is 20.6 Å². The van der Waals surface area contributed by atoms with Gasteiger partial charge in [-0.05, 0) is 41.7 Å². The molecule has 0 amide bonds. The summed E-state index contributed by atoms with van der Waals surface area (Å²) in [6.07, 6.45) is -1.73. The minimum absolute atomic E-state index is 0.219. The van der Waals surface area contributed by atoms with Gasteiger partial charge in [0.25, 0.3) is 0 Å².